The van der Waals surface area contributed by atoms with E-state index in [2.05, 4.69) is 20.3 Å². The second kappa shape index (κ2) is 9.32. The van der Waals surface area contributed by atoms with Gasteiger partial charge in [0.15, 0.2) is 5.82 Å². The zero-order chi connectivity index (χ0) is 23.5. The van der Waals surface area contributed by atoms with Gasteiger partial charge in [-0.15, -0.1) is 0 Å². The minimum absolute atomic E-state index is 0.0398. The summed E-state index contributed by atoms with van der Waals surface area (Å²) in [4.78, 5) is 38.2. The number of hydrogen-bond donors (Lipinski definition) is 3. The van der Waals surface area contributed by atoms with Crippen LogP contribution in [0.15, 0.2) is 60.8 Å². The lowest BCUT2D eigenvalue weighted by atomic mass is 10.1. The van der Waals surface area contributed by atoms with Crippen molar-refractivity contribution in [3.63, 3.8) is 0 Å². The maximum absolute atomic E-state index is 12.7. The molecule has 4 aromatic rings. The van der Waals surface area contributed by atoms with Gasteiger partial charge < -0.3 is 25.0 Å². The topological polar surface area (TPSA) is 120 Å². The molecular formula is C25H23N5O4. The number of carboxylic acid groups (broad SMARTS) is 1. The molecule has 34 heavy (non-hydrogen) atoms. The number of nitrogens with one attached hydrogen (secondary N) is 2. The maximum atomic E-state index is 12.7. The van der Waals surface area contributed by atoms with Gasteiger partial charge in [-0.25, -0.2) is 4.98 Å². The van der Waals surface area contributed by atoms with Crippen LogP contribution in [0.5, 0.6) is 0 Å². The van der Waals surface area contributed by atoms with Gasteiger partial charge in [0.05, 0.1) is 37.2 Å². The van der Waals surface area contributed by atoms with Crippen molar-refractivity contribution in [3.05, 3.63) is 72.1 Å². The lowest BCUT2D eigenvalue weighted by molar-refractivity contribution is -0.136. The Morgan fingerprint density at radius 1 is 1.09 bits per heavy atom. The first-order chi connectivity index (χ1) is 16.6. The van der Waals surface area contributed by atoms with Crippen LogP contribution < -0.4 is 5.32 Å². The number of amides is 1. The first-order valence-corrected chi connectivity index (χ1v) is 11.0. The van der Waals surface area contributed by atoms with Gasteiger partial charge >= 0.3 is 5.97 Å². The van der Waals surface area contributed by atoms with Crippen LogP contribution >= 0.6 is 0 Å². The van der Waals surface area contributed by atoms with E-state index in [4.69, 9.17) is 4.74 Å². The molecule has 9 heteroatoms. The average Bonchev–Trinajstić information content (AvgIpc) is 3.30. The van der Waals surface area contributed by atoms with Crippen molar-refractivity contribution < 1.29 is 19.4 Å². The fourth-order valence-electron chi connectivity index (χ4n) is 3.91. The number of nitrogens with zero attached hydrogens (tertiary/aromatic N) is 3. The molecule has 3 heterocycles. The highest BCUT2D eigenvalue weighted by Gasteiger charge is 2.19. The van der Waals surface area contributed by atoms with Crippen molar-refractivity contribution in [2.24, 2.45) is 0 Å². The van der Waals surface area contributed by atoms with E-state index < -0.39 is 5.97 Å². The first kappa shape index (κ1) is 21.6. The predicted octanol–water partition coefficient (Wildman–Crippen LogP) is 3.47. The summed E-state index contributed by atoms with van der Waals surface area (Å²) in [5, 5.41) is 13.5. The number of fused-ring (bicyclic) bond motifs is 1. The van der Waals surface area contributed by atoms with Gasteiger partial charge in [-0.05, 0) is 36.4 Å². The zero-order valence-electron chi connectivity index (χ0n) is 18.3. The van der Waals surface area contributed by atoms with Gasteiger partial charge in [0.25, 0.3) is 5.91 Å². The van der Waals surface area contributed by atoms with Crippen molar-refractivity contribution in [2.45, 2.75) is 6.42 Å². The number of H-pyrrole nitrogens is 1. The number of carboxylic acids is 1. The van der Waals surface area contributed by atoms with Crippen molar-refractivity contribution in [1.82, 2.24) is 19.9 Å². The standard InChI is InChI=1S/C25H23N5O4/c31-23(32)14-21-24(29-22(15-26-21)20-13-17-3-1-2-4-19(17)28-20)27-18-7-5-16(6-8-18)25(33)30-9-11-34-12-10-30/h1-8,13,15,28H,9-12,14H2,(H,27,29)(H,31,32). The largest absolute Gasteiger partial charge is 0.481 e. The Hall–Kier alpha value is -4.24. The first-order valence-electron chi connectivity index (χ1n) is 11.0. The second-order valence-electron chi connectivity index (χ2n) is 8.00. The van der Waals surface area contributed by atoms with E-state index in [1.165, 1.54) is 0 Å². The SMILES string of the molecule is O=C(O)Cc1ncc(-c2cc3ccccc3[nH]2)nc1Nc1ccc(C(=O)N2CCOCC2)cc1. The molecule has 5 rings (SSSR count). The summed E-state index contributed by atoms with van der Waals surface area (Å²) >= 11 is 0. The van der Waals surface area contributed by atoms with Gasteiger partial charge in [-0.1, -0.05) is 18.2 Å². The van der Waals surface area contributed by atoms with E-state index in [1.807, 2.05) is 30.3 Å². The van der Waals surface area contributed by atoms with Crippen LogP contribution in [0.25, 0.3) is 22.3 Å². The molecule has 0 aliphatic carbocycles. The molecule has 0 spiro atoms. The number of para-hydroxylation sites is 1. The molecule has 1 amide bonds. The van der Waals surface area contributed by atoms with E-state index >= 15 is 0 Å². The summed E-state index contributed by atoms with van der Waals surface area (Å²) in [5.41, 5.74) is 3.92. The van der Waals surface area contributed by atoms with E-state index in [0.717, 1.165) is 16.6 Å². The van der Waals surface area contributed by atoms with Gasteiger partial charge in [-0.2, -0.15) is 0 Å². The lowest BCUT2D eigenvalue weighted by Gasteiger charge is -2.26. The molecule has 0 bridgehead atoms. The number of carbonyl (C=O) groups excluding carboxylic acids is 1. The van der Waals surface area contributed by atoms with Crippen molar-refractivity contribution in [1.29, 1.82) is 0 Å². The number of aromatic nitrogens is 3. The van der Waals surface area contributed by atoms with Crippen LogP contribution in [0.3, 0.4) is 0 Å². The fourth-order valence-corrected chi connectivity index (χ4v) is 3.91. The minimum Gasteiger partial charge on any atom is -0.481 e. The smallest absolute Gasteiger partial charge is 0.309 e. The Bertz CT molecular complexity index is 1310. The van der Waals surface area contributed by atoms with Crippen molar-refractivity contribution in [2.75, 3.05) is 31.6 Å². The molecule has 3 N–H and O–H groups in total. The van der Waals surface area contributed by atoms with Gasteiger partial charge in [0.1, 0.15) is 5.69 Å². The predicted molar refractivity (Wildman–Crippen MR) is 127 cm³/mol. The van der Waals surface area contributed by atoms with E-state index in [-0.39, 0.29) is 12.3 Å². The van der Waals surface area contributed by atoms with Gasteiger partial charge in [-0.3, -0.25) is 14.6 Å². The highest BCUT2D eigenvalue weighted by Crippen LogP contribution is 2.26. The fraction of sp³-hybridized carbons (Fsp3) is 0.200. The third-order valence-corrected chi connectivity index (χ3v) is 5.67. The number of ether oxygens (including phenoxy) is 1. The Balaban J connectivity index is 1.41. The normalized spacial score (nSPS) is 13.7. The molecule has 172 valence electrons. The second-order valence-corrected chi connectivity index (χ2v) is 8.00. The van der Waals surface area contributed by atoms with Crippen LogP contribution in [0.2, 0.25) is 0 Å². The number of aromatic amines is 1. The van der Waals surface area contributed by atoms with Crippen molar-refractivity contribution >= 4 is 34.3 Å². The molecule has 0 saturated carbocycles. The molecule has 0 unspecified atom stereocenters. The number of morpholine rings is 1. The quantitative estimate of drug-likeness (QED) is 0.405. The Morgan fingerprint density at radius 3 is 2.59 bits per heavy atom. The van der Waals surface area contributed by atoms with E-state index in [9.17, 15) is 14.7 Å². The average molecular weight is 457 g/mol. The molecule has 2 aromatic heterocycles. The van der Waals surface area contributed by atoms with E-state index in [1.54, 1.807) is 35.4 Å². The molecule has 2 aromatic carbocycles. The number of rotatable bonds is 6. The maximum Gasteiger partial charge on any atom is 0.309 e. The number of benzene rings is 2. The molecule has 1 saturated heterocycles. The number of hydrogen-bond acceptors (Lipinski definition) is 6. The molecule has 9 nitrogen and oxygen atoms in total. The summed E-state index contributed by atoms with van der Waals surface area (Å²) in [5.74, 6) is -0.685. The molecular weight excluding hydrogens is 434 g/mol. The molecule has 1 fully saturated rings. The highest BCUT2D eigenvalue weighted by molar-refractivity contribution is 5.94. The van der Waals surface area contributed by atoms with Crippen LogP contribution in [0, 0.1) is 0 Å². The van der Waals surface area contributed by atoms with E-state index in [0.29, 0.717) is 54.8 Å². The van der Waals surface area contributed by atoms with Crippen molar-refractivity contribution in [3.8, 4) is 11.4 Å². The number of carbonyl (C=O) groups is 2. The monoisotopic (exact) mass is 457 g/mol. The van der Waals surface area contributed by atoms with Gasteiger partial charge in [0, 0.05) is 35.2 Å². The molecule has 0 atom stereocenters. The summed E-state index contributed by atoms with van der Waals surface area (Å²) in [7, 11) is 0. The number of aliphatic carboxylic acids is 1. The zero-order valence-corrected chi connectivity index (χ0v) is 18.3. The third kappa shape index (κ3) is 4.60. The minimum atomic E-state index is -0.998. The summed E-state index contributed by atoms with van der Waals surface area (Å²) < 4.78 is 5.31. The van der Waals surface area contributed by atoms with Crippen LogP contribution in [-0.2, 0) is 16.0 Å². The molecule has 0 radical (unpaired) electrons. The molecule has 1 aliphatic heterocycles. The Kier molecular flexibility index (Phi) is 5.92. The Morgan fingerprint density at radius 2 is 1.85 bits per heavy atom. The number of anilines is 2. The Labute approximate surface area is 195 Å². The summed E-state index contributed by atoms with van der Waals surface area (Å²) in [6.07, 6.45) is 1.30. The third-order valence-electron chi connectivity index (χ3n) is 5.67. The summed E-state index contributed by atoms with van der Waals surface area (Å²) in [6.45, 7) is 2.24. The van der Waals surface area contributed by atoms with Crippen LogP contribution in [-0.4, -0.2) is 63.1 Å². The van der Waals surface area contributed by atoms with Crippen LogP contribution in [0.1, 0.15) is 16.1 Å². The highest BCUT2D eigenvalue weighted by atomic mass is 16.5. The lowest BCUT2D eigenvalue weighted by Crippen LogP contribution is -2.40. The van der Waals surface area contributed by atoms with Gasteiger partial charge in [0.2, 0.25) is 0 Å². The molecule has 1 aliphatic rings. The van der Waals surface area contributed by atoms with Crippen LogP contribution in [0.4, 0.5) is 11.5 Å². The summed E-state index contributed by atoms with van der Waals surface area (Å²) in [6, 6.07) is 16.9.